The molecule has 2 aromatic carbocycles. The number of carbonyl (C=O) groups is 1. The van der Waals surface area contributed by atoms with E-state index >= 15 is 0 Å². The topological polar surface area (TPSA) is 62.1 Å². The van der Waals surface area contributed by atoms with Gasteiger partial charge in [0.1, 0.15) is 10.8 Å². The van der Waals surface area contributed by atoms with E-state index in [9.17, 15) is 4.79 Å². The minimum absolute atomic E-state index is 0.260. The molecule has 0 radical (unpaired) electrons. The lowest BCUT2D eigenvalue weighted by Gasteiger charge is -2.16. The van der Waals surface area contributed by atoms with Gasteiger partial charge < -0.3 is 10.1 Å². The molecule has 6 heteroatoms. The van der Waals surface area contributed by atoms with Gasteiger partial charge in [0, 0.05) is 5.69 Å². The molecule has 0 saturated carbocycles. The van der Waals surface area contributed by atoms with Crippen molar-refractivity contribution in [2.75, 3.05) is 5.32 Å². The average molecular weight is 335 g/mol. The van der Waals surface area contributed by atoms with Crippen LogP contribution in [0, 0.1) is 11.3 Å². The van der Waals surface area contributed by atoms with Gasteiger partial charge >= 0.3 is 0 Å². The van der Waals surface area contributed by atoms with Crippen molar-refractivity contribution in [3.05, 3.63) is 58.1 Å². The first-order chi connectivity index (χ1) is 10.5. The van der Waals surface area contributed by atoms with Crippen molar-refractivity contribution in [2.24, 2.45) is 0 Å². The summed E-state index contributed by atoms with van der Waals surface area (Å²) in [6, 6.07) is 13.6. The number of anilines is 1. The van der Waals surface area contributed by atoms with Gasteiger partial charge in [0.25, 0.3) is 5.91 Å². The molecule has 0 aliphatic carbocycles. The maximum absolute atomic E-state index is 12.1. The van der Waals surface area contributed by atoms with Crippen molar-refractivity contribution < 1.29 is 9.53 Å². The van der Waals surface area contributed by atoms with Crippen LogP contribution in [0.4, 0.5) is 5.69 Å². The minimum Gasteiger partial charge on any atom is -0.479 e. The molecule has 22 heavy (non-hydrogen) atoms. The third-order valence-electron chi connectivity index (χ3n) is 2.85. The van der Waals surface area contributed by atoms with E-state index in [2.05, 4.69) is 5.32 Å². The second-order valence-electron chi connectivity index (χ2n) is 4.49. The van der Waals surface area contributed by atoms with Crippen molar-refractivity contribution >= 4 is 34.8 Å². The zero-order valence-electron chi connectivity index (χ0n) is 11.6. The molecule has 4 nitrogen and oxygen atoms in total. The maximum atomic E-state index is 12.1. The van der Waals surface area contributed by atoms with E-state index in [0.717, 1.165) is 0 Å². The molecule has 1 atom stereocenters. The molecule has 0 fully saturated rings. The van der Waals surface area contributed by atoms with Crippen LogP contribution in [0.25, 0.3) is 0 Å². The first kappa shape index (κ1) is 16.2. The van der Waals surface area contributed by atoms with Gasteiger partial charge in [-0.05, 0) is 37.3 Å². The van der Waals surface area contributed by atoms with Gasteiger partial charge in [-0.1, -0.05) is 35.3 Å². The Morgan fingerprint density at radius 2 is 2.00 bits per heavy atom. The molecule has 0 unspecified atom stereocenters. The Labute approximate surface area is 138 Å². The summed E-state index contributed by atoms with van der Waals surface area (Å²) in [5, 5.41) is 12.1. The van der Waals surface area contributed by atoms with Gasteiger partial charge in [0.05, 0.1) is 16.7 Å². The third-order valence-corrected chi connectivity index (χ3v) is 3.65. The van der Waals surface area contributed by atoms with Crippen molar-refractivity contribution in [2.45, 2.75) is 13.0 Å². The Bertz CT molecular complexity index is 741. The van der Waals surface area contributed by atoms with Crippen molar-refractivity contribution in [1.82, 2.24) is 0 Å². The number of benzene rings is 2. The van der Waals surface area contributed by atoms with Crippen molar-refractivity contribution in [3.8, 4) is 11.8 Å². The van der Waals surface area contributed by atoms with Gasteiger partial charge in [0.15, 0.2) is 6.10 Å². The summed E-state index contributed by atoms with van der Waals surface area (Å²) in [6.07, 6.45) is -0.776. The number of nitrogens with zero attached hydrogens (tertiary/aromatic N) is 1. The van der Waals surface area contributed by atoms with E-state index in [0.29, 0.717) is 22.0 Å². The zero-order valence-corrected chi connectivity index (χ0v) is 13.2. The molecule has 0 saturated heterocycles. The van der Waals surface area contributed by atoms with Crippen LogP contribution in [-0.2, 0) is 4.79 Å². The maximum Gasteiger partial charge on any atom is 0.265 e. The molecule has 0 bridgehead atoms. The number of nitriles is 1. The summed E-state index contributed by atoms with van der Waals surface area (Å²) in [5.74, 6) is -0.0197. The molecule has 2 aromatic rings. The standard InChI is InChI=1S/C16H12Cl2N2O2/c1-10(22-14-7-3-6-13(17)15(14)18)16(21)20-12-5-2-4-11(8-12)9-19/h2-8,10H,1H3,(H,20,21)/t10-/m1/s1. The molecule has 0 aliphatic heterocycles. The number of rotatable bonds is 4. The van der Waals surface area contributed by atoms with Crippen LogP contribution in [0.5, 0.6) is 5.75 Å². The number of hydrogen-bond acceptors (Lipinski definition) is 3. The van der Waals surface area contributed by atoms with Crippen LogP contribution >= 0.6 is 23.2 Å². The first-order valence-electron chi connectivity index (χ1n) is 6.43. The fourth-order valence-corrected chi connectivity index (χ4v) is 2.07. The van der Waals surface area contributed by atoms with Crippen LogP contribution in [0.2, 0.25) is 10.0 Å². The summed E-state index contributed by atoms with van der Waals surface area (Å²) >= 11 is 11.9. The molecule has 0 heterocycles. The van der Waals surface area contributed by atoms with Crippen LogP contribution < -0.4 is 10.1 Å². The van der Waals surface area contributed by atoms with E-state index in [1.807, 2.05) is 6.07 Å². The molecule has 0 spiro atoms. The summed E-state index contributed by atoms with van der Waals surface area (Å²) in [6.45, 7) is 1.60. The van der Waals surface area contributed by atoms with Crippen LogP contribution in [0.1, 0.15) is 12.5 Å². The molecular weight excluding hydrogens is 323 g/mol. The fourth-order valence-electron chi connectivity index (χ4n) is 1.73. The average Bonchev–Trinajstić information content (AvgIpc) is 2.52. The van der Waals surface area contributed by atoms with E-state index in [1.165, 1.54) is 0 Å². The van der Waals surface area contributed by atoms with Gasteiger partial charge in [-0.25, -0.2) is 0 Å². The van der Waals surface area contributed by atoms with E-state index in [-0.39, 0.29) is 10.9 Å². The highest BCUT2D eigenvalue weighted by Gasteiger charge is 2.17. The number of hydrogen-bond donors (Lipinski definition) is 1. The second kappa shape index (κ2) is 7.17. The highest BCUT2D eigenvalue weighted by molar-refractivity contribution is 6.42. The summed E-state index contributed by atoms with van der Waals surface area (Å²) in [7, 11) is 0. The number of nitrogens with one attached hydrogen (secondary N) is 1. The van der Waals surface area contributed by atoms with Gasteiger partial charge in [-0.3, -0.25) is 4.79 Å². The zero-order chi connectivity index (χ0) is 16.1. The second-order valence-corrected chi connectivity index (χ2v) is 5.28. The van der Waals surface area contributed by atoms with Crippen LogP contribution in [0.15, 0.2) is 42.5 Å². The Morgan fingerprint density at radius 1 is 1.27 bits per heavy atom. The van der Waals surface area contributed by atoms with Crippen LogP contribution in [0.3, 0.4) is 0 Å². The smallest absolute Gasteiger partial charge is 0.265 e. The summed E-state index contributed by atoms with van der Waals surface area (Å²) in [4.78, 5) is 12.1. The van der Waals surface area contributed by atoms with Crippen LogP contribution in [-0.4, -0.2) is 12.0 Å². The monoisotopic (exact) mass is 334 g/mol. The lowest BCUT2D eigenvalue weighted by molar-refractivity contribution is -0.122. The van der Waals surface area contributed by atoms with Gasteiger partial charge in [0.2, 0.25) is 0 Å². The SMILES string of the molecule is C[C@@H](Oc1cccc(Cl)c1Cl)C(=O)Nc1cccc(C#N)c1. The molecular formula is C16H12Cl2N2O2. The molecule has 2 rings (SSSR count). The number of halogens is 2. The lowest BCUT2D eigenvalue weighted by Crippen LogP contribution is -2.30. The summed E-state index contributed by atoms with van der Waals surface area (Å²) < 4.78 is 5.52. The molecule has 1 N–H and O–H groups in total. The molecule has 0 aromatic heterocycles. The van der Waals surface area contributed by atoms with Crippen molar-refractivity contribution in [1.29, 1.82) is 5.26 Å². The highest BCUT2D eigenvalue weighted by atomic mass is 35.5. The number of amides is 1. The van der Waals surface area contributed by atoms with E-state index in [4.69, 9.17) is 33.2 Å². The number of carbonyl (C=O) groups excluding carboxylic acids is 1. The lowest BCUT2D eigenvalue weighted by atomic mass is 10.2. The predicted molar refractivity (Wildman–Crippen MR) is 86.3 cm³/mol. The number of ether oxygens (including phenoxy) is 1. The predicted octanol–water partition coefficient (Wildman–Crippen LogP) is 4.27. The normalized spacial score (nSPS) is 11.4. The minimum atomic E-state index is -0.776. The van der Waals surface area contributed by atoms with E-state index < -0.39 is 6.10 Å². The molecule has 112 valence electrons. The Morgan fingerprint density at radius 3 is 2.73 bits per heavy atom. The molecule has 0 aliphatic rings. The Hall–Kier alpha value is -2.22. The molecule has 1 amide bonds. The van der Waals surface area contributed by atoms with E-state index in [1.54, 1.807) is 49.4 Å². The highest BCUT2D eigenvalue weighted by Crippen LogP contribution is 2.32. The fraction of sp³-hybridized carbons (Fsp3) is 0.125. The Kier molecular flexibility index (Phi) is 5.26. The van der Waals surface area contributed by atoms with Crippen molar-refractivity contribution in [3.63, 3.8) is 0 Å². The first-order valence-corrected chi connectivity index (χ1v) is 7.18. The quantitative estimate of drug-likeness (QED) is 0.907. The largest absolute Gasteiger partial charge is 0.479 e. The third kappa shape index (κ3) is 3.91. The van der Waals surface area contributed by atoms with Gasteiger partial charge in [-0.2, -0.15) is 5.26 Å². The summed E-state index contributed by atoms with van der Waals surface area (Å²) in [5.41, 5.74) is 0.987. The Balaban J connectivity index is 2.06. The van der Waals surface area contributed by atoms with Gasteiger partial charge in [-0.15, -0.1) is 0 Å².